The standard InChI is InChI=1S/C8H18N2O.C2H6/c1-7(11)10(5)8(2,3)6-9-4;1-2/h9H,6H2,1-5H3;1-2H3. The van der Waals surface area contributed by atoms with Gasteiger partial charge in [-0.15, -0.1) is 0 Å². The first-order valence-corrected chi connectivity index (χ1v) is 4.81. The quantitative estimate of drug-likeness (QED) is 0.727. The lowest BCUT2D eigenvalue weighted by atomic mass is 10.0. The fraction of sp³-hybridized carbons (Fsp3) is 0.900. The topological polar surface area (TPSA) is 32.3 Å². The lowest BCUT2D eigenvalue weighted by Crippen LogP contribution is -2.49. The Kier molecular flexibility index (Phi) is 7.92. The van der Waals surface area contributed by atoms with Gasteiger partial charge in [-0.25, -0.2) is 0 Å². The monoisotopic (exact) mass is 188 g/mol. The Morgan fingerprint density at radius 2 is 1.77 bits per heavy atom. The third-order valence-electron chi connectivity index (χ3n) is 1.99. The smallest absolute Gasteiger partial charge is 0.219 e. The van der Waals surface area contributed by atoms with Gasteiger partial charge in [0.15, 0.2) is 0 Å². The van der Waals surface area contributed by atoms with Crippen LogP contribution in [0, 0.1) is 0 Å². The number of nitrogens with one attached hydrogen (secondary N) is 1. The van der Waals surface area contributed by atoms with E-state index in [0.29, 0.717) is 0 Å². The zero-order chi connectivity index (χ0) is 11.1. The second-order valence-corrected chi connectivity index (χ2v) is 3.42. The maximum absolute atomic E-state index is 11.0. The summed E-state index contributed by atoms with van der Waals surface area (Å²) >= 11 is 0. The number of rotatable bonds is 3. The molecular weight excluding hydrogens is 164 g/mol. The first-order valence-electron chi connectivity index (χ1n) is 4.81. The van der Waals surface area contributed by atoms with Crippen molar-refractivity contribution in [3.05, 3.63) is 0 Å². The molecule has 13 heavy (non-hydrogen) atoms. The van der Waals surface area contributed by atoms with Gasteiger partial charge in [0.2, 0.25) is 5.91 Å². The molecule has 0 aromatic rings. The van der Waals surface area contributed by atoms with E-state index in [1.807, 2.05) is 41.8 Å². The Hall–Kier alpha value is -0.570. The number of nitrogens with zero attached hydrogens (tertiary/aromatic N) is 1. The number of likely N-dealkylation sites (N-methyl/N-ethyl adjacent to an activating group) is 2. The predicted molar refractivity (Wildman–Crippen MR) is 57.8 cm³/mol. The molecule has 0 bridgehead atoms. The Bertz CT molecular complexity index is 144. The van der Waals surface area contributed by atoms with Gasteiger partial charge >= 0.3 is 0 Å². The van der Waals surface area contributed by atoms with Gasteiger partial charge in [0.25, 0.3) is 0 Å². The van der Waals surface area contributed by atoms with Gasteiger partial charge in [-0.05, 0) is 20.9 Å². The molecule has 0 fully saturated rings. The fourth-order valence-electron chi connectivity index (χ4n) is 0.977. The van der Waals surface area contributed by atoms with Crippen molar-refractivity contribution in [3.8, 4) is 0 Å². The van der Waals surface area contributed by atoms with E-state index in [-0.39, 0.29) is 11.4 Å². The third-order valence-corrected chi connectivity index (χ3v) is 1.99. The van der Waals surface area contributed by atoms with Gasteiger partial charge in [0, 0.05) is 26.1 Å². The van der Waals surface area contributed by atoms with Crippen LogP contribution in [0.3, 0.4) is 0 Å². The van der Waals surface area contributed by atoms with Crippen molar-refractivity contribution in [1.82, 2.24) is 10.2 Å². The van der Waals surface area contributed by atoms with E-state index in [9.17, 15) is 4.79 Å². The molecule has 0 heterocycles. The second kappa shape index (κ2) is 6.89. The molecule has 1 N–H and O–H groups in total. The zero-order valence-corrected chi connectivity index (χ0v) is 10.1. The van der Waals surface area contributed by atoms with Gasteiger partial charge in [-0.2, -0.15) is 0 Å². The molecule has 0 aromatic carbocycles. The summed E-state index contributed by atoms with van der Waals surface area (Å²) in [6.07, 6.45) is 0. The maximum atomic E-state index is 11.0. The molecule has 80 valence electrons. The van der Waals surface area contributed by atoms with Crippen LogP contribution in [0.2, 0.25) is 0 Å². The molecule has 1 amide bonds. The summed E-state index contributed by atoms with van der Waals surface area (Å²) < 4.78 is 0. The minimum Gasteiger partial charge on any atom is -0.340 e. The molecule has 3 heteroatoms. The molecule has 0 unspecified atom stereocenters. The molecule has 0 rings (SSSR count). The summed E-state index contributed by atoms with van der Waals surface area (Å²) in [4.78, 5) is 12.7. The number of amides is 1. The van der Waals surface area contributed by atoms with Gasteiger partial charge in [-0.1, -0.05) is 13.8 Å². The molecule has 0 aliphatic carbocycles. The van der Waals surface area contributed by atoms with E-state index in [1.54, 1.807) is 11.8 Å². The summed E-state index contributed by atoms with van der Waals surface area (Å²) in [6, 6.07) is 0. The normalized spacial score (nSPS) is 10.1. The fourth-order valence-corrected chi connectivity index (χ4v) is 0.977. The highest BCUT2D eigenvalue weighted by molar-refractivity contribution is 5.73. The van der Waals surface area contributed by atoms with Crippen molar-refractivity contribution in [2.24, 2.45) is 0 Å². The Labute approximate surface area is 82.5 Å². The molecule has 0 atom stereocenters. The van der Waals surface area contributed by atoms with E-state index in [1.165, 1.54) is 0 Å². The van der Waals surface area contributed by atoms with Crippen LogP contribution in [0.4, 0.5) is 0 Å². The Morgan fingerprint density at radius 1 is 1.38 bits per heavy atom. The summed E-state index contributed by atoms with van der Waals surface area (Å²) in [5.74, 6) is 0.102. The van der Waals surface area contributed by atoms with E-state index >= 15 is 0 Å². The van der Waals surface area contributed by atoms with E-state index < -0.39 is 0 Å². The Balaban J connectivity index is 0. The van der Waals surface area contributed by atoms with Gasteiger partial charge < -0.3 is 10.2 Å². The largest absolute Gasteiger partial charge is 0.340 e. The predicted octanol–water partition coefficient (Wildman–Crippen LogP) is 1.49. The highest BCUT2D eigenvalue weighted by Crippen LogP contribution is 2.10. The van der Waals surface area contributed by atoms with Crippen LogP contribution in [-0.2, 0) is 4.79 Å². The second-order valence-electron chi connectivity index (χ2n) is 3.42. The van der Waals surface area contributed by atoms with E-state index in [0.717, 1.165) is 6.54 Å². The Morgan fingerprint density at radius 3 is 2.00 bits per heavy atom. The SMILES string of the molecule is CC.CNCC(C)(C)N(C)C(C)=O. The molecule has 0 aliphatic heterocycles. The van der Waals surface area contributed by atoms with Crippen molar-refractivity contribution in [2.75, 3.05) is 20.6 Å². The van der Waals surface area contributed by atoms with Crippen LogP contribution >= 0.6 is 0 Å². The van der Waals surface area contributed by atoms with Crippen LogP contribution in [-0.4, -0.2) is 37.0 Å². The zero-order valence-electron chi connectivity index (χ0n) is 10.1. The van der Waals surface area contributed by atoms with Crippen molar-refractivity contribution >= 4 is 5.91 Å². The number of hydrogen-bond acceptors (Lipinski definition) is 2. The minimum atomic E-state index is -0.0966. The first-order chi connectivity index (χ1) is 5.91. The number of carbonyl (C=O) groups is 1. The molecule has 3 nitrogen and oxygen atoms in total. The number of hydrogen-bond donors (Lipinski definition) is 1. The number of carbonyl (C=O) groups excluding carboxylic acids is 1. The lowest BCUT2D eigenvalue weighted by molar-refractivity contribution is -0.132. The van der Waals surface area contributed by atoms with Crippen LogP contribution in [0.25, 0.3) is 0 Å². The summed E-state index contributed by atoms with van der Waals surface area (Å²) in [7, 11) is 3.70. The van der Waals surface area contributed by atoms with Gasteiger partial charge in [-0.3, -0.25) is 4.79 Å². The molecule has 0 aromatic heterocycles. The molecule has 0 saturated carbocycles. The highest BCUT2D eigenvalue weighted by Gasteiger charge is 2.23. The van der Waals surface area contributed by atoms with Crippen molar-refractivity contribution in [1.29, 1.82) is 0 Å². The molecular formula is C10H24N2O. The highest BCUT2D eigenvalue weighted by atomic mass is 16.2. The van der Waals surface area contributed by atoms with Crippen LogP contribution in [0.1, 0.15) is 34.6 Å². The van der Waals surface area contributed by atoms with Crippen LogP contribution in [0.5, 0.6) is 0 Å². The maximum Gasteiger partial charge on any atom is 0.219 e. The van der Waals surface area contributed by atoms with Crippen LogP contribution < -0.4 is 5.32 Å². The molecule has 0 aliphatic rings. The van der Waals surface area contributed by atoms with Crippen molar-refractivity contribution in [2.45, 2.75) is 40.2 Å². The molecule has 0 radical (unpaired) electrons. The average molecular weight is 188 g/mol. The van der Waals surface area contributed by atoms with E-state index in [4.69, 9.17) is 0 Å². The van der Waals surface area contributed by atoms with Gasteiger partial charge in [0.1, 0.15) is 0 Å². The van der Waals surface area contributed by atoms with E-state index in [2.05, 4.69) is 5.32 Å². The summed E-state index contributed by atoms with van der Waals surface area (Å²) in [5.41, 5.74) is -0.0966. The molecule has 0 saturated heterocycles. The van der Waals surface area contributed by atoms with Crippen LogP contribution in [0.15, 0.2) is 0 Å². The minimum absolute atomic E-state index is 0.0966. The van der Waals surface area contributed by atoms with Crippen molar-refractivity contribution in [3.63, 3.8) is 0 Å². The summed E-state index contributed by atoms with van der Waals surface area (Å²) in [6.45, 7) is 10.5. The first kappa shape index (κ1) is 14.9. The lowest BCUT2D eigenvalue weighted by Gasteiger charge is -2.34. The average Bonchev–Trinajstić information content (AvgIpc) is 2.06. The van der Waals surface area contributed by atoms with Gasteiger partial charge in [0.05, 0.1) is 0 Å². The van der Waals surface area contributed by atoms with Crippen molar-refractivity contribution < 1.29 is 4.79 Å². The molecule has 0 spiro atoms. The summed E-state index contributed by atoms with van der Waals surface area (Å²) in [5, 5.41) is 3.05. The third kappa shape index (κ3) is 5.64.